The van der Waals surface area contributed by atoms with Crippen molar-refractivity contribution in [3.05, 3.63) is 64.4 Å². The Balaban J connectivity index is 1.66. The maximum Gasteiger partial charge on any atom is 0.336 e. The molecule has 0 N–H and O–H groups in total. The predicted octanol–water partition coefficient (Wildman–Crippen LogP) is 2.73. The number of carbonyl (C=O) groups is 1. The van der Waals surface area contributed by atoms with Crippen LogP contribution in [0, 0.1) is 6.92 Å². The molecule has 24 heavy (non-hydrogen) atoms. The summed E-state index contributed by atoms with van der Waals surface area (Å²) in [5.41, 5.74) is 0.907. The number of hydrogen-bond acceptors (Lipinski definition) is 5. The lowest BCUT2D eigenvalue weighted by atomic mass is 10.1. The lowest BCUT2D eigenvalue weighted by Crippen LogP contribution is -2.30. The van der Waals surface area contributed by atoms with E-state index in [1.54, 1.807) is 37.6 Å². The number of nitrogens with zero attached hydrogens (tertiary/aromatic N) is 1. The first-order valence-electron chi connectivity index (χ1n) is 7.46. The number of aryl methyl sites for hydroxylation is 1. The number of benzene rings is 1. The van der Waals surface area contributed by atoms with Crippen LogP contribution in [0.5, 0.6) is 5.75 Å². The molecule has 0 radical (unpaired) electrons. The molecule has 1 amide bonds. The smallest absolute Gasteiger partial charge is 0.336 e. The fourth-order valence-corrected chi connectivity index (χ4v) is 2.37. The normalized spacial score (nSPS) is 10.8. The van der Waals surface area contributed by atoms with E-state index in [9.17, 15) is 9.59 Å². The number of amides is 1. The van der Waals surface area contributed by atoms with Gasteiger partial charge in [0.05, 0.1) is 12.8 Å². The number of hydrogen-bond donors (Lipinski definition) is 0. The second-order valence-electron chi connectivity index (χ2n) is 5.52. The van der Waals surface area contributed by atoms with Gasteiger partial charge < -0.3 is 18.5 Å². The second kappa shape index (κ2) is 6.62. The van der Waals surface area contributed by atoms with Crippen LogP contribution in [0.1, 0.15) is 11.3 Å². The first-order chi connectivity index (χ1) is 11.5. The third-order valence-corrected chi connectivity index (χ3v) is 3.68. The van der Waals surface area contributed by atoms with E-state index < -0.39 is 0 Å². The molecule has 0 saturated heterocycles. The van der Waals surface area contributed by atoms with Gasteiger partial charge >= 0.3 is 5.63 Å². The first kappa shape index (κ1) is 15.9. The Morgan fingerprint density at radius 1 is 1.25 bits per heavy atom. The van der Waals surface area contributed by atoms with Crippen LogP contribution in [0.15, 0.2) is 56.3 Å². The summed E-state index contributed by atoms with van der Waals surface area (Å²) in [5.74, 6) is 1.09. The van der Waals surface area contributed by atoms with Crippen molar-refractivity contribution < 1.29 is 18.4 Å². The van der Waals surface area contributed by atoms with Crippen molar-refractivity contribution in [2.24, 2.45) is 0 Å². The van der Waals surface area contributed by atoms with Crippen LogP contribution < -0.4 is 10.4 Å². The highest BCUT2D eigenvalue weighted by atomic mass is 16.5. The van der Waals surface area contributed by atoms with Gasteiger partial charge in [0.2, 0.25) is 0 Å². The summed E-state index contributed by atoms with van der Waals surface area (Å²) in [6.45, 7) is 2.13. The van der Waals surface area contributed by atoms with Gasteiger partial charge in [0, 0.05) is 18.5 Å². The van der Waals surface area contributed by atoms with Crippen molar-refractivity contribution in [1.29, 1.82) is 0 Å². The van der Waals surface area contributed by atoms with Crippen molar-refractivity contribution in [3.8, 4) is 5.75 Å². The lowest BCUT2D eigenvalue weighted by molar-refractivity contribution is -0.132. The highest BCUT2D eigenvalue weighted by Crippen LogP contribution is 2.22. The Morgan fingerprint density at radius 3 is 2.83 bits per heavy atom. The Hall–Kier alpha value is -3.02. The maximum atomic E-state index is 12.1. The van der Waals surface area contributed by atoms with E-state index in [0.717, 1.165) is 10.9 Å². The average Bonchev–Trinajstić information content (AvgIpc) is 3.05. The molecule has 0 fully saturated rings. The van der Waals surface area contributed by atoms with Gasteiger partial charge in [-0.3, -0.25) is 4.79 Å². The summed E-state index contributed by atoms with van der Waals surface area (Å²) < 4.78 is 15.9. The number of ether oxygens (including phenoxy) is 1. The zero-order valence-electron chi connectivity index (χ0n) is 13.4. The van der Waals surface area contributed by atoms with Crippen molar-refractivity contribution in [2.75, 3.05) is 13.7 Å². The van der Waals surface area contributed by atoms with Gasteiger partial charge in [0.1, 0.15) is 17.1 Å². The quantitative estimate of drug-likeness (QED) is 0.674. The summed E-state index contributed by atoms with van der Waals surface area (Å²) in [7, 11) is 1.69. The molecule has 6 nitrogen and oxygen atoms in total. The van der Waals surface area contributed by atoms with Crippen molar-refractivity contribution in [1.82, 2.24) is 4.90 Å². The van der Waals surface area contributed by atoms with Gasteiger partial charge in [0.15, 0.2) is 6.61 Å². The molecule has 0 atom stereocenters. The fraction of sp³-hybridized carbons (Fsp3) is 0.222. The Bertz CT molecular complexity index is 911. The van der Waals surface area contributed by atoms with Crippen LogP contribution in [0.4, 0.5) is 0 Å². The SMILES string of the molecule is Cc1cc(=O)oc2ccc(OCC(=O)N(C)Cc3ccco3)cc12. The highest BCUT2D eigenvalue weighted by molar-refractivity contribution is 5.82. The van der Waals surface area contributed by atoms with Crippen LogP contribution in [0.25, 0.3) is 11.0 Å². The van der Waals surface area contributed by atoms with Gasteiger partial charge in [-0.05, 0) is 42.8 Å². The first-order valence-corrected chi connectivity index (χ1v) is 7.46. The summed E-state index contributed by atoms with van der Waals surface area (Å²) in [6.07, 6.45) is 1.57. The molecule has 2 heterocycles. The second-order valence-corrected chi connectivity index (χ2v) is 5.52. The molecule has 3 aromatic rings. The minimum atomic E-state index is -0.386. The standard InChI is InChI=1S/C18H17NO5/c1-12-8-18(21)24-16-6-5-13(9-15(12)16)23-11-17(20)19(2)10-14-4-3-7-22-14/h3-9H,10-11H2,1-2H3. The number of carbonyl (C=O) groups excluding carboxylic acids is 1. The van der Waals surface area contributed by atoms with Crippen LogP contribution in [0.2, 0.25) is 0 Å². The molecule has 6 heteroatoms. The minimum Gasteiger partial charge on any atom is -0.484 e. The molecule has 124 valence electrons. The fourth-order valence-electron chi connectivity index (χ4n) is 2.37. The summed E-state index contributed by atoms with van der Waals surface area (Å²) in [6, 6.07) is 10.1. The molecule has 2 aromatic heterocycles. The van der Waals surface area contributed by atoms with Gasteiger partial charge in [-0.1, -0.05) is 0 Å². The Kier molecular flexibility index (Phi) is 4.37. The van der Waals surface area contributed by atoms with Crippen LogP contribution in [0.3, 0.4) is 0 Å². The Morgan fingerprint density at radius 2 is 2.08 bits per heavy atom. The minimum absolute atomic E-state index is 0.0848. The van der Waals surface area contributed by atoms with E-state index in [1.165, 1.54) is 11.0 Å². The molecule has 0 unspecified atom stereocenters. The van der Waals surface area contributed by atoms with Gasteiger partial charge in [0.25, 0.3) is 5.91 Å². The van der Waals surface area contributed by atoms with E-state index in [0.29, 0.717) is 23.6 Å². The number of furan rings is 1. The molecule has 0 aliphatic carbocycles. The summed E-state index contributed by atoms with van der Waals surface area (Å²) in [4.78, 5) is 25.0. The van der Waals surface area contributed by atoms with Crippen molar-refractivity contribution in [2.45, 2.75) is 13.5 Å². The van der Waals surface area contributed by atoms with Gasteiger partial charge in [-0.25, -0.2) is 4.79 Å². The molecule has 3 rings (SSSR count). The molecule has 0 bridgehead atoms. The van der Waals surface area contributed by atoms with Gasteiger partial charge in [-0.15, -0.1) is 0 Å². The monoisotopic (exact) mass is 327 g/mol. The molecule has 0 aliphatic heterocycles. The molecule has 0 spiro atoms. The highest BCUT2D eigenvalue weighted by Gasteiger charge is 2.12. The molecular formula is C18H17NO5. The predicted molar refractivity (Wildman–Crippen MR) is 87.9 cm³/mol. The summed E-state index contributed by atoms with van der Waals surface area (Å²) >= 11 is 0. The largest absolute Gasteiger partial charge is 0.484 e. The summed E-state index contributed by atoms with van der Waals surface area (Å²) in [5, 5.41) is 0.781. The van der Waals surface area contributed by atoms with Crippen LogP contribution in [-0.4, -0.2) is 24.5 Å². The van der Waals surface area contributed by atoms with Crippen LogP contribution >= 0.6 is 0 Å². The van der Waals surface area contributed by atoms with E-state index in [2.05, 4.69) is 0 Å². The number of rotatable bonds is 5. The third-order valence-electron chi connectivity index (χ3n) is 3.68. The van der Waals surface area contributed by atoms with E-state index in [-0.39, 0.29) is 18.1 Å². The molecule has 0 saturated carbocycles. The third kappa shape index (κ3) is 3.48. The lowest BCUT2D eigenvalue weighted by Gasteiger charge is -2.16. The van der Waals surface area contributed by atoms with Gasteiger partial charge in [-0.2, -0.15) is 0 Å². The number of likely N-dealkylation sites (N-methyl/N-ethyl adjacent to an activating group) is 1. The van der Waals surface area contributed by atoms with Crippen molar-refractivity contribution >= 4 is 16.9 Å². The molecule has 1 aromatic carbocycles. The maximum absolute atomic E-state index is 12.1. The molecule has 0 aliphatic rings. The van der Waals surface area contributed by atoms with E-state index in [4.69, 9.17) is 13.6 Å². The zero-order valence-corrected chi connectivity index (χ0v) is 13.4. The topological polar surface area (TPSA) is 72.9 Å². The van der Waals surface area contributed by atoms with E-state index in [1.807, 2.05) is 13.0 Å². The zero-order chi connectivity index (χ0) is 17.1. The molecular weight excluding hydrogens is 310 g/mol. The Labute approximate surface area is 138 Å². The van der Waals surface area contributed by atoms with E-state index >= 15 is 0 Å². The van der Waals surface area contributed by atoms with Crippen LogP contribution in [-0.2, 0) is 11.3 Å². The average molecular weight is 327 g/mol. The number of fused-ring (bicyclic) bond motifs is 1. The van der Waals surface area contributed by atoms with Crippen molar-refractivity contribution in [3.63, 3.8) is 0 Å².